The first-order valence-electron chi connectivity index (χ1n) is 7.12. The summed E-state index contributed by atoms with van der Waals surface area (Å²) >= 11 is 1.87. The number of morpholine rings is 1. The highest BCUT2D eigenvalue weighted by molar-refractivity contribution is 7.12. The first kappa shape index (κ1) is 15.0. The van der Waals surface area contributed by atoms with Crippen LogP contribution in [-0.2, 0) is 4.74 Å². The second-order valence-corrected chi connectivity index (χ2v) is 7.34. The summed E-state index contributed by atoms with van der Waals surface area (Å²) in [6.45, 7) is 11.4. The third-order valence-corrected chi connectivity index (χ3v) is 5.05. The van der Waals surface area contributed by atoms with Gasteiger partial charge in [-0.25, -0.2) is 0 Å². The highest BCUT2D eigenvalue weighted by atomic mass is 32.1. The van der Waals surface area contributed by atoms with Gasteiger partial charge in [0.25, 0.3) is 0 Å². The Balaban J connectivity index is 2.32. The molecule has 1 saturated heterocycles. The molecule has 1 aliphatic heterocycles. The largest absolute Gasteiger partial charge is 0.378 e. The molecule has 1 aromatic rings. The molecular weight excluding hydrogens is 256 g/mol. The van der Waals surface area contributed by atoms with Gasteiger partial charge in [0, 0.05) is 27.9 Å². The van der Waals surface area contributed by atoms with Crippen LogP contribution < -0.4 is 5.73 Å². The van der Waals surface area contributed by atoms with Gasteiger partial charge < -0.3 is 10.5 Å². The summed E-state index contributed by atoms with van der Waals surface area (Å²) in [5.74, 6) is 0. The van der Waals surface area contributed by atoms with Crippen molar-refractivity contribution in [3.05, 3.63) is 21.9 Å². The molecule has 3 nitrogen and oxygen atoms in total. The molecule has 2 atom stereocenters. The molecule has 2 unspecified atom stereocenters. The molecule has 0 amide bonds. The first-order chi connectivity index (χ1) is 8.95. The van der Waals surface area contributed by atoms with E-state index >= 15 is 0 Å². The van der Waals surface area contributed by atoms with Crippen molar-refractivity contribution in [1.82, 2.24) is 4.90 Å². The van der Waals surface area contributed by atoms with Crippen molar-refractivity contribution in [3.8, 4) is 0 Å². The second kappa shape index (κ2) is 5.92. The molecule has 1 fully saturated rings. The summed E-state index contributed by atoms with van der Waals surface area (Å²) in [6, 6.07) is 4.92. The molecule has 0 aromatic carbocycles. The van der Waals surface area contributed by atoms with Crippen LogP contribution in [0.15, 0.2) is 12.1 Å². The van der Waals surface area contributed by atoms with E-state index in [1.165, 1.54) is 9.75 Å². The average Bonchev–Trinajstić information content (AvgIpc) is 2.77. The Bertz CT molecular complexity index is 416. The van der Waals surface area contributed by atoms with Crippen molar-refractivity contribution in [2.45, 2.75) is 51.7 Å². The summed E-state index contributed by atoms with van der Waals surface area (Å²) in [5.41, 5.74) is 6.48. The molecule has 0 spiro atoms. The fourth-order valence-electron chi connectivity index (χ4n) is 2.82. The molecular formula is C15H26N2OS. The van der Waals surface area contributed by atoms with E-state index in [2.05, 4.69) is 44.7 Å². The molecule has 1 aromatic heterocycles. The van der Waals surface area contributed by atoms with Gasteiger partial charge in [0.05, 0.1) is 19.3 Å². The number of nitrogens with two attached hydrogens (primary N) is 1. The van der Waals surface area contributed by atoms with Crippen LogP contribution in [0, 0.1) is 6.92 Å². The zero-order valence-corrected chi connectivity index (χ0v) is 13.3. The van der Waals surface area contributed by atoms with Crippen LogP contribution in [0.25, 0.3) is 0 Å². The van der Waals surface area contributed by atoms with Crippen LogP contribution in [0.2, 0.25) is 0 Å². The van der Waals surface area contributed by atoms with Crippen LogP contribution >= 0.6 is 11.3 Å². The Morgan fingerprint density at radius 2 is 2.21 bits per heavy atom. The minimum atomic E-state index is 0.0492. The molecule has 2 N–H and O–H groups in total. The van der Waals surface area contributed by atoms with Gasteiger partial charge in [0.15, 0.2) is 0 Å². The summed E-state index contributed by atoms with van der Waals surface area (Å²) in [4.78, 5) is 5.28. The predicted molar refractivity (Wildman–Crippen MR) is 81.7 cm³/mol. The Labute approximate surface area is 120 Å². The average molecular weight is 282 g/mol. The molecule has 2 heterocycles. The quantitative estimate of drug-likeness (QED) is 0.923. The fourth-order valence-corrected chi connectivity index (χ4v) is 3.88. The molecule has 0 bridgehead atoms. The third kappa shape index (κ3) is 3.19. The van der Waals surface area contributed by atoms with Crippen molar-refractivity contribution in [2.24, 2.45) is 5.73 Å². The number of thiophene rings is 1. The number of nitrogens with zero attached hydrogens (tertiary/aromatic N) is 1. The lowest BCUT2D eigenvalue weighted by Crippen LogP contribution is -2.57. The maximum Gasteiger partial charge on any atom is 0.0645 e. The molecule has 0 aliphatic carbocycles. The van der Waals surface area contributed by atoms with E-state index in [1.54, 1.807) is 0 Å². The molecule has 0 saturated carbocycles. The molecule has 4 heteroatoms. The van der Waals surface area contributed by atoms with Gasteiger partial charge in [-0.3, -0.25) is 4.90 Å². The summed E-state index contributed by atoms with van der Waals surface area (Å²) < 4.78 is 5.64. The smallest absolute Gasteiger partial charge is 0.0645 e. The SMILES string of the molecule is CCC(N)C(c1ccc(C)s1)N1CCOCC1(C)C. The minimum Gasteiger partial charge on any atom is -0.378 e. The van der Waals surface area contributed by atoms with Crippen LogP contribution in [0.4, 0.5) is 0 Å². The van der Waals surface area contributed by atoms with E-state index in [-0.39, 0.29) is 11.6 Å². The van der Waals surface area contributed by atoms with Crippen molar-refractivity contribution in [2.75, 3.05) is 19.8 Å². The number of ether oxygens (including phenoxy) is 1. The van der Waals surface area contributed by atoms with Crippen molar-refractivity contribution < 1.29 is 4.74 Å². The summed E-state index contributed by atoms with van der Waals surface area (Å²) in [6.07, 6.45) is 0.995. The standard InChI is InChI=1S/C15H26N2OS/c1-5-12(16)14(13-7-6-11(2)19-13)17-8-9-18-10-15(17,3)4/h6-7,12,14H,5,8-10,16H2,1-4H3. The number of hydrogen-bond acceptors (Lipinski definition) is 4. The fraction of sp³-hybridized carbons (Fsp3) is 0.733. The van der Waals surface area contributed by atoms with E-state index in [0.717, 1.165) is 26.2 Å². The topological polar surface area (TPSA) is 38.5 Å². The third-order valence-electron chi connectivity index (χ3n) is 3.97. The highest BCUT2D eigenvalue weighted by Crippen LogP contribution is 2.36. The minimum absolute atomic E-state index is 0.0492. The maximum atomic E-state index is 6.43. The number of hydrogen-bond donors (Lipinski definition) is 1. The van der Waals surface area contributed by atoms with Gasteiger partial charge in [0.1, 0.15) is 0 Å². The van der Waals surface area contributed by atoms with Gasteiger partial charge in [-0.1, -0.05) is 6.92 Å². The summed E-state index contributed by atoms with van der Waals surface area (Å²) in [7, 11) is 0. The van der Waals surface area contributed by atoms with Crippen LogP contribution in [0.3, 0.4) is 0 Å². The van der Waals surface area contributed by atoms with Gasteiger partial charge >= 0.3 is 0 Å². The molecule has 108 valence electrons. The monoisotopic (exact) mass is 282 g/mol. The molecule has 0 radical (unpaired) electrons. The lowest BCUT2D eigenvalue weighted by atomic mass is 9.94. The Kier molecular flexibility index (Phi) is 4.66. The second-order valence-electron chi connectivity index (χ2n) is 6.02. The van der Waals surface area contributed by atoms with Crippen molar-refractivity contribution in [1.29, 1.82) is 0 Å². The van der Waals surface area contributed by atoms with E-state index in [9.17, 15) is 0 Å². The summed E-state index contributed by atoms with van der Waals surface area (Å²) in [5, 5.41) is 0. The van der Waals surface area contributed by atoms with E-state index < -0.39 is 0 Å². The molecule has 1 aliphatic rings. The normalized spacial score (nSPS) is 23.2. The highest BCUT2D eigenvalue weighted by Gasteiger charge is 2.38. The van der Waals surface area contributed by atoms with E-state index in [1.807, 2.05) is 11.3 Å². The Hall–Kier alpha value is -0.420. The van der Waals surface area contributed by atoms with Crippen LogP contribution in [0.1, 0.15) is 43.0 Å². The zero-order valence-electron chi connectivity index (χ0n) is 12.5. The lowest BCUT2D eigenvalue weighted by molar-refractivity contribution is -0.0770. The number of rotatable bonds is 4. The predicted octanol–water partition coefficient (Wildman–Crippen LogP) is 2.95. The number of aryl methyl sites for hydroxylation is 1. The van der Waals surface area contributed by atoms with Crippen LogP contribution in [0.5, 0.6) is 0 Å². The van der Waals surface area contributed by atoms with Crippen molar-refractivity contribution >= 4 is 11.3 Å². The lowest BCUT2D eigenvalue weighted by Gasteiger charge is -2.48. The maximum absolute atomic E-state index is 6.43. The Morgan fingerprint density at radius 1 is 1.47 bits per heavy atom. The first-order valence-corrected chi connectivity index (χ1v) is 7.94. The molecule has 19 heavy (non-hydrogen) atoms. The van der Waals surface area contributed by atoms with Gasteiger partial charge in [-0.15, -0.1) is 11.3 Å². The van der Waals surface area contributed by atoms with E-state index in [0.29, 0.717) is 6.04 Å². The van der Waals surface area contributed by atoms with Crippen molar-refractivity contribution in [3.63, 3.8) is 0 Å². The Morgan fingerprint density at radius 3 is 2.74 bits per heavy atom. The van der Waals surface area contributed by atoms with Crippen LogP contribution in [-0.4, -0.2) is 36.2 Å². The van der Waals surface area contributed by atoms with E-state index in [4.69, 9.17) is 10.5 Å². The zero-order chi connectivity index (χ0) is 14.0. The molecule has 2 rings (SSSR count). The van der Waals surface area contributed by atoms with Gasteiger partial charge in [-0.2, -0.15) is 0 Å². The van der Waals surface area contributed by atoms with Gasteiger partial charge in [0.2, 0.25) is 0 Å². The van der Waals surface area contributed by atoms with Gasteiger partial charge in [-0.05, 0) is 39.3 Å².